The van der Waals surface area contributed by atoms with Crippen LogP contribution in [0.15, 0.2) is 89.8 Å². The highest BCUT2D eigenvalue weighted by atomic mass is 32.2. The van der Waals surface area contributed by atoms with Gasteiger partial charge in [0.2, 0.25) is 10.0 Å². The molecule has 9 heteroatoms. The maximum Gasteiger partial charge on any atom is 0.416 e. The highest BCUT2D eigenvalue weighted by molar-refractivity contribution is 7.89. The number of esters is 1. The number of hydrogen-bond acceptors (Lipinski definition) is 4. The van der Waals surface area contributed by atoms with Crippen molar-refractivity contribution < 1.29 is 31.1 Å². The summed E-state index contributed by atoms with van der Waals surface area (Å²) >= 11 is 0. The molecule has 3 rings (SSSR count). The summed E-state index contributed by atoms with van der Waals surface area (Å²) in [4.78, 5) is 12.8. The number of ether oxygens (including phenoxy) is 1. The van der Waals surface area contributed by atoms with E-state index in [1.165, 1.54) is 0 Å². The first-order valence-corrected chi connectivity index (χ1v) is 12.7. The molecule has 0 radical (unpaired) electrons. The van der Waals surface area contributed by atoms with E-state index in [-0.39, 0.29) is 13.0 Å². The Balaban J connectivity index is 2.16. The maximum atomic E-state index is 13.9. The van der Waals surface area contributed by atoms with Crippen LogP contribution in [-0.4, -0.2) is 30.3 Å². The van der Waals surface area contributed by atoms with Gasteiger partial charge in [-0.05, 0) is 56.5 Å². The lowest BCUT2D eigenvalue weighted by Crippen LogP contribution is -2.48. The van der Waals surface area contributed by atoms with Crippen molar-refractivity contribution in [3.8, 4) is 0 Å². The molecule has 0 spiro atoms. The number of carbonyl (C=O) groups excluding carboxylic acids is 1. The van der Waals surface area contributed by atoms with Crippen molar-refractivity contribution >= 4 is 16.0 Å². The minimum atomic E-state index is -4.73. The molecule has 5 nitrogen and oxygen atoms in total. The molecule has 192 valence electrons. The van der Waals surface area contributed by atoms with Gasteiger partial charge in [-0.25, -0.2) is 8.42 Å². The van der Waals surface area contributed by atoms with E-state index in [9.17, 15) is 26.4 Å². The average Bonchev–Trinajstić information content (AvgIpc) is 2.81. The van der Waals surface area contributed by atoms with Crippen LogP contribution in [0.5, 0.6) is 0 Å². The Hall–Kier alpha value is -3.17. The quantitative estimate of drug-likeness (QED) is 0.350. The molecule has 0 unspecified atom stereocenters. The Labute approximate surface area is 209 Å². The molecule has 3 aromatic rings. The smallest absolute Gasteiger partial charge is 0.416 e. The summed E-state index contributed by atoms with van der Waals surface area (Å²) in [7, 11) is -4.57. The van der Waals surface area contributed by atoms with Gasteiger partial charge >= 0.3 is 12.1 Å². The number of sulfonamides is 1. The molecular weight excluding hydrogens is 491 g/mol. The highest BCUT2D eigenvalue weighted by Gasteiger charge is 2.40. The van der Waals surface area contributed by atoms with Crippen LogP contribution in [-0.2, 0) is 38.7 Å². The number of nitrogens with zero attached hydrogens (tertiary/aromatic N) is 1. The van der Waals surface area contributed by atoms with Gasteiger partial charge in [-0.3, -0.25) is 4.79 Å². The van der Waals surface area contributed by atoms with Crippen molar-refractivity contribution in [2.75, 3.05) is 0 Å². The predicted octanol–water partition coefficient (Wildman–Crippen LogP) is 5.85. The van der Waals surface area contributed by atoms with E-state index >= 15 is 0 Å². The largest absolute Gasteiger partial charge is 0.459 e. The molecule has 0 fully saturated rings. The fraction of sp³-hybridized carbons (Fsp3) is 0.296. The van der Waals surface area contributed by atoms with Crippen molar-refractivity contribution in [2.24, 2.45) is 0 Å². The molecule has 0 bridgehead atoms. The number of halogens is 3. The molecule has 0 aromatic heterocycles. The first kappa shape index (κ1) is 27.4. The van der Waals surface area contributed by atoms with Gasteiger partial charge in [0.15, 0.2) is 0 Å². The zero-order valence-electron chi connectivity index (χ0n) is 20.2. The Morgan fingerprint density at radius 3 is 1.94 bits per heavy atom. The molecule has 36 heavy (non-hydrogen) atoms. The normalized spacial score (nSPS) is 13.4. The fourth-order valence-corrected chi connectivity index (χ4v) is 5.22. The molecule has 1 atom stereocenters. The molecule has 3 aromatic carbocycles. The Morgan fingerprint density at radius 1 is 0.861 bits per heavy atom. The van der Waals surface area contributed by atoms with Gasteiger partial charge in [0.05, 0.1) is 10.5 Å². The van der Waals surface area contributed by atoms with Crippen LogP contribution in [0, 0.1) is 0 Å². The molecule has 0 aliphatic carbocycles. The third-order valence-electron chi connectivity index (χ3n) is 5.25. The van der Waals surface area contributed by atoms with Gasteiger partial charge in [-0.15, -0.1) is 0 Å². The summed E-state index contributed by atoms with van der Waals surface area (Å²) in [6.45, 7) is 4.74. The van der Waals surface area contributed by atoms with Crippen molar-refractivity contribution in [1.29, 1.82) is 0 Å². The minimum absolute atomic E-state index is 0.0270. The van der Waals surface area contributed by atoms with E-state index in [1.807, 2.05) is 0 Å². The second-order valence-electron chi connectivity index (χ2n) is 9.30. The lowest BCUT2D eigenvalue weighted by Gasteiger charge is -2.32. The topological polar surface area (TPSA) is 63.7 Å². The van der Waals surface area contributed by atoms with Crippen LogP contribution in [0.1, 0.15) is 37.5 Å². The van der Waals surface area contributed by atoms with Crippen LogP contribution >= 0.6 is 0 Å². The standard InChI is InChI=1S/C27H28F3NO4S/c1-26(2,3)35-25(32)24(17-20-11-6-4-7-12-20)31(19-21-13-8-5-9-14-21)36(33,34)23-16-10-15-22(18-23)27(28,29)30/h4-16,18,24H,17,19H2,1-3H3/t24-/m0/s1. The molecule has 0 saturated heterocycles. The molecule has 0 N–H and O–H groups in total. The summed E-state index contributed by atoms with van der Waals surface area (Å²) in [5.74, 6) is -0.794. The number of alkyl halides is 3. The van der Waals surface area contributed by atoms with Crippen LogP contribution in [0.2, 0.25) is 0 Å². The second kappa shape index (κ2) is 10.8. The van der Waals surface area contributed by atoms with Gasteiger partial charge in [0, 0.05) is 6.54 Å². The zero-order valence-corrected chi connectivity index (χ0v) is 21.0. The summed E-state index contributed by atoms with van der Waals surface area (Å²) in [6, 6.07) is 19.5. The van der Waals surface area contributed by atoms with Crippen LogP contribution in [0.25, 0.3) is 0 Å². The molecule has 0 aliphatic heterocycles. The van der Waals surface area contributed by atoms with E-state index in [1.54, 1.807) is 81.4 Å². The van der Waals surface area contributed by atoms with Crippen LogP contribution < -0.4 is 0 Å². The van der Waals surface area contributed by atoms with Crippen molar-refractivity contribution in [3.63, 3.8) is 0 Å². The first-order valence-electron chi connectivity index (χ1n) is 11.3. The Morgan fingerprint density at radius 2 is 1.42 bits per heavy atom. The van der Waals surface area contributed by atoms with E-state index in [0.29, 0.717) is 17.2 Å². The van der Waals surface area contributed by atoms with Crippen molar-refractivity contribution in [2.45, 2.75) is 56.5 Å². The molecule has 0 saturated carbocycles. The lowest BCUT2D eigenvalue weighted by molar-refractivity contribution is -0.159. The third kappa shape index (κ3) is 7.18. The van der Waals surface area contributed by atoms with Gasteiger partial charge in [0.1, 0.15) is 11.6 Å². The molecule has 0 aliphatic rings. The van der Waals surface area contributed by atoms with Gasteiger partial charge < -0.3 is 4.74 Å². The maximum absolute atomic E-state index is 13.9. The zero-order chi connectivity index (χ0) is 26.6. The number of rotatable bonds is 8. The van der Waals surface area contributed by atoms with E-state index in [4.69, 9.17) is 4.74 Å². The summed E-state index contributed by atoms with van der Waals surface area (Å²) in [6.07, 6.45) is -4.76. The van der Waals surface area contributed by atoms with Gasteiger partial charge in [-0.1, -0.05) is 66.7 Å². The number of benzene rings is 3. The van der Waals surface area contributed by atoms with E-state index < -0.39 is 44.3 Å². The molecule has 0 amide bonds. The first-order chi connectivity index (χ1) is 16.8. The summed E-state index contributed by atoms with van der Waals surface area (Å²) < 4.78 is 74.4. The predicted molar refractivity (Wildman–Crippen MR) is 130 cm³/mol. The van der Waals surface area contributed by atoms with Crippen molar-refractivity contribution in [3.05, 3.63) is 102 Å². The van der Waals surface area contributed by atoms with Crippen LogP contribution in [0.4, 0.5) is 13.2 Å². The number of carbonyl (C=O) groups is 1. The average molecular weight is 520 g/mol. The van der Waals surface area contributed by atoms with Crippen LogP contribution in [0.3, 0.4) is 0 Å². The summed E-state index contributed by atoms with van der Waals surface area (Å²) in [5, 5.41) is 0. The summed E-state index contributed by atoms with van der Waals surface area (Å²) in [5.41, 5.74) is -0.773. The minimum Gasteiger partial charge on any atom is -0.459 e. The van der Waals surface area contributed by atoms with E-state index in [2.05, 4.69) is 0 Å². The molecular formula is C27H28F3NO4S. The van der Waals surface area contributed by atoms with Gasteiger partial charge in [-0.2, -0.15) is 17.5 Å². The third-order valence-corrected chi connectivity index (χ3v) is 7.10. The SMILES string of the molecule is CC(C)(C)OC(=O)[C@H](Cc1ccccc1)N(Cc1ccccc1)S(=O)(=O)c1cccc(C(F)(F)F)c1. The lowest BCUT2D eigenvalue weighted by atomic mass is 10.0. The number of hydrogen-bond donors (Lipinski definition) is 0. The van der Waals surface area contributed by atoms with Gasteiger partial charge in [0.25, 0.3) is 0 Å². The molecule has 0 heterocycles. The Kier molecular flexibility index (Phi) is 8.26. The monoisotopic (exact) mass is 519 g/mol. The fourth-order valence-electron chi connectivity index (χ4n) is 3.60. The second-order valence-corrected chi connectivity index (χ2v) is 11.2. The van der Waals surface area contributed by atoms with Crippen molar-refractivity contribution in [1.82, 2.24) is 4.31 Å². The van der Waals surface area contributed by atoms with E-state index in [0.717, 1.165) is 22.5 Å². The highest BCUT2D eigenvalue weighted by Crippen LogP contribution is 2.32. The Bertz CT molecular complexity index is 1270.